The van der Waals surface area contributed by atoms with Crippen LogP contribution in [0.4, 0.5) is 0 Å². The first kappa shape index (κ1) is 13.9. The Bertz CT molecular complexity index is 462. The molecule has 1 aromatic rings. The van der Waals surface area contributed by atoms with Gasteiger partial charge in [-0.2, -0.15) is 0 Å². The van der Waals surface area contributed by atoms with E-state index in [0.29, 0.717) is 6.42 Å². The van der Waals surface area contributed by atoms with Crippen LogP contribution in [0.2, 0.25) is 0 Å². The summed E-state index contributed by atoms with van der Waals surface area (Å²) in [4.78, 5) is 14.1. The number of nitrogens with two attached hydrogens (primary N) is 1. The van der Waals surface area contributed by atoms with Gasteiger partial charge in [-0.1, -0.05) is 12.1 Å². The molecule has 19 heavy (non-hydrogen) atoms. The Kier molecular flexibility index (Phi) is 3.54. The number of benzene rings is 1. The van der Waals surface area contributed by atoms with Crippen molar-refractivity contribution >= 4 is 5.91 Å². The van der Waals surface area contributed by atoms with E-state index in [1.54, 1.807) is 7.11 Å². The van der Waals surface area contributed by atoms with Gasteiger partial charge in [-0.15, -0.1) is 0 Å². The molecular formula is C15H22N2O2. The Morgan fingerprint density at radius 1 is 1.26 bits per heavy atom. The largest absolute Gasteiger partial charge is 0.497 e. The van der Waals surface area contributed by atoms with Gasteiger partial charge in [-0.25, -0.2) is 0 Å². The van der Waals surface area contributed by atoms with Crippen LogP contribution >= 0.6 is 0 Å². The molecule has 0 saturated carbocycles. The smallest absolute Gasteiger partial charge is 0.225 e. The summed E-state index contributed by atoms with van der Waals surface area (Å²) < 4.78 is 5.16. The number of amides is 1. The Morgan fingerprint density at radius 2 is 1.84 bits per heavy atom. The fourth-order valence-corrected chi connectivity index (χ4v) is 2.75. The van der Waals surface area contributed by atoms with Gasteiger partial charge in [0.2, 0.25) is 5.91 Å². The zero-order valence-corrected chi connectivity index (χ0v) is 12.0. The molecule has 0 bridgehead atoms. The average Bonchev–Trinajstić information content (AvgIpc) is 2.64. The summed E-state index contributed by atoms with van der Waals surface area (Å²) in [5.74, 6) is 0.935. The highest BCUT2D eigenvalue weighted by atomic mass is 16.5. The zero-order valence-electron chi connectivity index (χ0n) is 12.0. The van der Waals surface area contributed by atoms with Gasteiger partial charge in [0.05, 0.1) is 13.2 Å². The van der Waals surface area contributed by atoms with Crippen LogP contribution in [0, 0.1) is 0 Å². The third-order valence-electron chi connectivity index (χ3n) is 3.54. The maximum Gasteiger partial charge on any atom is 0.225 e. The molecule has 104 valence electrons. The second-order valence-corrected chi connectivity index (χ2v) is 6.02. The quantitative estimate of drug-likeness (QED) is 0.888. The minimum absolute atomic E-state index is 0.0570. The second kappa shape index (κ2) is 4.85. The van der Waals surface area contributed by atoms with Crippen molar-refractivity contribution in [3.05, 3.63) is 29.8 Å². The Balaban J connectivity index is 2.36. The average molecular weight is 262 g/mol. The molecule has 2 rings (SSSR count). The number of methoxy groups -OCH3 is 1. The molecule has 2 atom stereocenters. The van der Waals surface area contributed by atoms with E-state index in [4.69, 9.17) is 10.5 Å². The van der Waals surface area contributed by atoms with E-state index in [9.17, 15) is 4.79 Å². The van der Waals surface area contributed by atoms with Crippen molar-refractivity contribution in [3.8, 4) is 5.75 Å². The van der Waals surface area contributed by atoms with Crippen molar-refractivity contribution in [1.29, 1.82) is 0 Å². The van der Waals surface area contributed by atoms with Gasteiger partial charge in [0.15, 0.2) is 0 Å². The number of nitrogens with zero attached hydrogens (tertiary/aromatic N) is 1. The van der Waals surface area contributed by atoms with Crippen molar-refractivity contribution in [2.45, 2.75) is 44.8 Å². The molecule has 0 aliphatic carbocycles. The number of hydrogen-bond acceptors (Lipinski definition) is 3. The standard InChI is InChI=1S/C15H22N2O2/c1-15(2,3)17-13(18)9-12(16)14(17)10-5-7-11(19-4)8-6-10/h5-8,12,14H,9,16H2,1-4H3. The highest BCUT2D eigenvalue weighted by molar-refractivity contribution is 5.81. The van der Waals surface area contributed by atoms with Crippen molar-refractivity contribution in [2.24, 2.45) is 5.73 Å². The summed E-state index contributed by atoms with van der Waals surface area (Å²) in [7, 11) is 1.64. The van der Waals surface area contributed by atoms with Crippen LogP contribution in [0.15, 0.2) is 24.3 Å². The molecular weight excluding hydrogens is 240 g/mol. The predicted octanol–water partition coefficient (Wildman–Crippen LogP) is 2.09. The Labute approximate surface area is 114 Å². The van der Waals surface area contributed by atoms with Crippen LogP contribution in [0.25, 0.3) is 0 Å². The number of carbonyl (C=O) groups is 1. The molecule has 1 aromatic carbocycles. The SMILES string of the molecule is COc1ccc(C2C(N)CC(=O)N2C(C)(C)C)cc1. The number of likely N-dealkylation sites (tertiary alicyclic amines) is 1. The van der Waals surface area contributed by atoms with Gasteiger partial charge < -0.3 is 15.4 Å². The molecule has 0 aromatic heterocycles. The molecule has 1 saturated heterocycles. The molecule has 1 heterocycles. The minimum Gasteiger partial charge on any atom is -0.497 e. The summed E-state index contributed by atoms with van der Waals surface area (Å²) in [5, 5.41) is 0. The first-order valence-corrected chi connectivity index (χ1v) is 6.56. The van der Waals surface area contributed by atoms with E-state index >= 15 is 0 Å². The number of ether oxygens (including phenoxy) is 1. The van der Waals surface area contributed by atoms with Gasteiger partial charge in [0.25, 0.3) is 0 Å². The maximum atomic E-state index is 12.2. The summed E-state index contributed by atoms with van der Waals surface area (Å²) in [6, 6.07) is 7.58. The van der Waals surface area contributed by atoms with Gasteiger partial charge in [0, 0.05) is 18.0 Å². The Morgan fingerprint density at radius 3 is 2.32 bits per heavy atom. The molecule has 2 unspecified atom stereocenters. The monoisotopic (exact) mass is 262 g/mol. The van der Waals surface area contributed by atoms with Gasteiger partial charge >= 0.3 is 0 Å². The topological polar surface area (TPSA) is 55.6 Å². The predicted molar refractivity (Wildman–Crippen MR) is 74.9 cm³/mol. The lowest BCUT2D eigenvalue weighted by Gasteiger charge is -2.38. The fourth-order valence-electron chi connectivity index (χ4n) is 2.75. The molecule has 1 aliphatic rings. The molecule has 1 fully saturated rings. The van der Waals surface area contributed by atoms with Gasteiger partial charge in [-0.3, -0.25) is 4.79 Å². The lowest BCUT2D eigenvalue weighted by Crippen LogP contribution is -2.45. The third kappa shape index (κ3) is 2.59. The van der Waals surface area contributed by atoms with Crippen molar-refractivity contribution in [2.75, 3.05) is 7.11 Å². The van der Waals surface area contributed by atoms with E-state index in [1.165, 1.54) is 0 Å². The van der Waals surface area contributed by atoms with Crippen LogP contribution in [0.1, 0.15) is 38.8 Å². The van der Waals surface area contributed by atoms with Crippen LogP contribution in [-0.4, -0.2) is 29.5 Å². The molecule has 1 aliphatic heterocycles. The Hall–Kier alpha value is -1.55. The number of hydrogen-bond donors (Lipinski definition) is 1. The number of rotatable bonds is 2. The van der Waals surface area contributed by atoms with Crippen LogP contribution in [0.5, 0.6) is 5.75 Å². The summed E-state index contributed by atoms with van der Waals surface area (Å²) in [5.41, 5.74) is 7.00. The van der Waals surface area contributed by atoms with Crippen molar-refractivity contribution < 1.29 is 9.53 Å². The summed E-state index contributed by atoms with van der Waals surface area (Å²) in [6.07, 6.45) is 0.411. The van der Waals surface area contributed by atoms with Crippen molar-refractivity contribution in [1.82, 2.24) is 4.90 Å². The molecule has 1 amide bonds. The van der Waals surface area contributed by atoms with E-state index < -0.39 is 0 Å². The molecule has 2 N–H and O–H groups in total. The van der Waals surface area contributed by atoms with Gasteiger partial charge in [-0.05, 0) is 38.5 Å². The molecule has 0 spiro atoms. The molecule has 0 radical (unpaired) electrons. The first-order chi connectivity index (χ1) is 8.84. The van der Waals surface area contributed by atoms with E-state index in [-0.39, 0.29) is 23.5 Å². The zero-order chi connectivity index (χ0) is 14.2. The van der Waals surface area contributed by atoms with Crippen LogP contribution < -0.4 is 10.5 Å². The minimum atomic E-state index is -0.226. The van der Waals surface area contributed by atoms with Crippen LogP contribution in [-0.2, 0) is 4.79 Å². The lowest BCUT2D eigenvalue weighted by atomic mass is 9.97. The molecule has 4 heteroatoms. The fraction of sp³-hybridized carbons (Fsp3) is 0.533. The first-order valence-electron chi connectivity index (χ1n) is 6.56. The summed E-state index contributed by atoms with van der Waals surface area (Å²) in [6.45, 7) is 6.12. The summed E-state index contributed by atoms with van der Waals surface area (Å²) >= 11 is 0. The second-order valence-electron chi connectivity index (χ2n) is 6.02. The van der Waals surface area contributed by atoms with E-state index in [2.05, 4.69) is 0 Å². The van der Waals surface area contributed by atoms with Crippen molar-refractivity contribution in [3.63, 3.8) is 0 Å². The van der Waals surface area contributed by atoms with E-state index in [1.807, 2.05) is 49.9 Å². The van der Waals surface area contributed by atoms with Crippen LogP contribution in [0.3, 0.4) is 0 Å². The maximum absolute atomic E-state index is 12.2. The number of carbonyl (C=O) groups excluding carboxylic acids is 1. The highest BCUT2D eigenvalue weighted by Gasteiger charge is 2.43. The normalized spacial score (nSPS) is 23.8. The highest BCUT2D eigenvalue weighted by Crippen LogP contribution is 2.37. The van der Waals surface area contributed by atoms with Gasteiger partial charge in [0.1, 0.15) is 5.75 Å². The third-order valence-corrected chi connectivity index (χ3v) is 3.54. The molecule has 4 nitrogen and oxygen atoms in total. The lowest BCUT2D eigenvalue weighted by molar-refractivity contribution is -0.133. The van der Waals surface area contributed by atoms with E-state index in [0.717, 1.165) is 11.3 Å².